The molecule has 0 aliphatic rings. The highest BCUT2D eigenvalue weighted by Gasteiger charge is 2.28. The molecule has 0 heterocycles. The predicted octanol–water partition coefficient (Wildman–Crippen LogP) is 6.34. The molecule has 0 saturated carbocycles. The topological polar surface area (TPSA) is 66.5 Å². The molecule has 0 fully saturated rings. The molecule has 1 N–H and O–H groups in total. The van der Waals surface area contributed by atoms with E-state index in [1.807, 2.05) is 37.3 Å². The van der Waals surface area contributed by atoms with Crippen LogP contribution in [0.4, 0.5) is 5.69 Å². The molecular formula is C29H36N2O3S. The standard InChI is InChI=1S/C29H36N2O3S/c1-4-6-12-24(5-2)21-30-29(32)27-15-10-11-16-28(27)31(22-25-13-8-7-9-14-25)35(33,34)26-19-17-23(3)18-20-26/h7-11,13-20,24H,4-6,12,21-22H2,1-3H3,(H,30,32)/t24-/m0/s1. The van der Waals surface area contributed by atoms with E-state index in [9.17, 15) is 13.2 Å². The fourth-order valence-corrected chi connectivity index (χ4v) is 5.52. The fraction of sp³-hybridized carbons (Fsp3) is 0.345. The van der Waals surface area contributed by atoms with Gasteiger partial charge in [-0.2, -0.15) is 0 Å². The van der Waals surface area contributed by atoms with Crippen LogP contribution in [0.5, 0.6) is 0 Å². The lowest BCUT2D eigenvalue weighted by Gasteiger charge is -2.27. The molecule has 1 atom stereocenters. The van der Waals surface area contributed by atoms with Gasteiger partial charge in [-0.25, -0.2) is 8.42 Å². The molecule has 1 amide bonds. The summed E-state index contributed by atoms with van der Waals surface area (Å²) in [6.45, 7) is 6.91. The molecule has 35 heavy (non-hydrogen) atoms. The monoisotopic (exact) mass is 492 g/mol. The van der Waals surface area contributed by atoms with E-state index in [4.69, 9.17) is 0 Å². The first kappa shape index (κ1) is 26.5. The third kappa shape index (κ3) is 6.95. The predicted molar refractivity (Wildman–Crippen MR) is 143 cm³/mol. The third-order valence-corrected chi connectivity index (χ3v) is 8.06. The molecular weight excluding hydrogens is 456 g/mol. The van der Waals surface area contributed by atoms with Crippen LogP contribution in [0.3, 0.4) is 0 Å². The lowest BCUT2D eigenvalue weighted by molar-refractivity contribution is 0.0946. The molecule has 0 bridgehead atoms. The van der Waals surface area contributed by atoms with Crippen molar-refractivity contribution in [2.24, 2.45) is 5.92 Å². The smallest absolute Gasteiger partial charge is 0.264 e. The van der Waals surface area contributed by atoms with Gasteiger partial charge in [0.1, 0.15) is 0 Å². The number of unbranched alkanes of at least 4 members (excludes halogenated alkanes) is 1. The van der Waals surface area contributed by atoms with Gasteiger partial charge in [-0.05, 0) is 49.1 Å². The van der Waals surface area contributed by atoms with Crippen molar-refractivity contribution in [2.45, 2.75) is 57.9 Å². The number of amides is 1. The first-order valence-electron chi connectivity index (χ1n) is 12.4. The first-order valence-corrected chi connectivity index (χ1v) is 13.8. The van der Waals surface area contributed by atoms with Crippen molar-refractivity contribution in [3.05, 3.63) is 95.6 Å². The van der Waals surface area contributed by atoms with Crippen LogP contribution in [0.15, 0.2) is 83.8 Å². The fourth-order valence-electron chi connectivity index (χ4n) is 4.05. The maximum atomic E-state index is 13.8. The minimum absolute atomic E-state index is 0.120. The zero-order valence-corrected chi connectivity index (χ0v) is 21.7. The van der Waals surface area contributed by atoms with Gasteiger partial charge < -0.3 is 5.32 Å². The molecule has 0 aliphatic carbocycles. The molecule has 0 unspecified atom stereocenters. The highest BCUT2D eigenvalue weighted by atomic mass is 32.2. The average molecular weight is 493 g/mol. The second kappa shape index (κ2) is 12.5. The highest BCUT2D eigenvalue weighted by molar-refractivity contribution is 7.92. The van der Waals surface area contributed by atoms with Crippen LogP contribution in [0.2, 0.25) is 0 Å². The largest absolute Gasteiger partial charge is 0.352 e. The van der Waals surface area contributed by atoms with Crippen LogP contribution in [0, 0.1) is 12.8 Å². The number of benzene rings is 3. The zero-order valence-electron chi connectivity index (χ0n) is 20.9. The van der Waals surface area contributed by atoms with Crippen LogP contribution >= 0.6 is 0 Å². The number of para-hydroxylation sites is 1. The Morgan fingerprint density at radius 3 is 2.23 bits per heavy atom. The van der Waals surface area contributed by atoms with Crippen molar-refractivity contribution in [1.82, 2.24) is 5.32 Å². The summed E-state index contributed by atoms with van der Waals surface area (Å²) in [7, 11) is -3.92. The second-order valence-electron chi connectivity index (χ2n) is 8.95. The molecule has 186 valence electrons. The number of aryl methyl sites for hydroxylation is 1. The normalized spacial score (nSPS) is 12.2. The molecule has 6 heteroatoms. The molecule has 3 aromatic carbocycles. The van der Waals surface area contributed by atoms with E-state index in [2.05, 4.69) is 19.2 Å². The Bertz CT molecular complexity index is 1190. The van der Waals surface area contributed by atoms with Gasteiger partial charge in [-0.15, -0.1) is 0 Å². The molecule has 3 rings (SSSR count). The van der Waals surface area contributed by atoms with Gasteiger partial charge in [0.05, 0.1) is 22.7 Å². The van der Waals surface area contributed by atoms with Crippen molar-refractivity contribution in [1.29, 1.82) is 0 Å². The van der Waals surface area contributed by atoms with Crippen molar-refractivity contribution in [3.63, 3.8) is 0 Å². The Kier molecular flexibility index (Phi) is 9.49. The molecule has 0 aliphatic heterocycles. The number of carbonyl (C=O) groups is 1. The summed E-state index contributed by atoms with van der Waals surface area (Å²) >= 11 is 0. The van der Waals surface area contributed by atoms with Gasteiger partial charge in [0, 0.05) is 6.54 Å². The Hall–Kier alpha value is -3.12. The SMILES string of the molecule is CCCC[C@H](CC)CNC(=O)c1ccccc1N(Cc1ccccc1)S(=O)(=O)c1ccc(C)cc1. The van der Waals surface area contributed by atoms with Gasteiger partial charge in [0.2, 0.25) is 0 Å². The zero-order chi connectivity index (χ0) is 25.3. The number of nitrogens with one attached hydrogen (secondary N) is 1. The maximum Gasteiger partial charge on any atom is 0.264 e. The maximum absolute atomic E-state index is 13.8. The summed E-state index contributed by atoms with van der Waals surface area (Å²) in [5, 5.41) is 3.06. The summed E-state index contributed by atoms with van der Waals surface area (Å²) in [5.41, 5.74) is 2.54. The van der Waals surface area contributed by atoms with E-state index >= 15 is 0 Å². The van der Waals surface area contributed by atoms with E-state index in [1.165, 1.54) is 4.31 Å². The number of hydrogen-bond acceptors (Lipinski definition) is 3. The number of hydrogen-bond donors (Lipinski definition) is 1. The van der Waals surface area contributed by atoms with Gasteiger partial charge in [-0.1, -0.05) is 93.3 Å². The summed E-state index contributed by atoms with van der Waals surface area (Å²) in [4.78, 5) is 13.5. The number of sulfonamides is 1. The van der Waals surface area contributed by atoms with E-state index < -0.39 is 10.0 Å². The molecule has 5 nitrogen and oxygen atoms in total. The quantitative estimate of drug-likeness (QED) is 0.321. The molecule has 0 spiro atoms. The summed E-state index contributed by atoms with van der Waals surface area (Å²) in [5.74, 6) is 0.149. The number of nitrogens with zero attached hydrogens (tertiary/aromatic N) is 1. The molecule has 3 aromatic rings. The van der Waals surface area contributed by atoms with Gasteiger partial charge in [0.15, 0.2) is 0 Å². The van der Waals surface area contributed by atoms with Crippen molar-refractivity contribution in [3.8, 4) is 0 Å². The van der Waals surface area contributed by atoms with E-state index in [1.54, 1.807) is 48.5 Å². The third-order valence-electron chi connectivity index (χ3n) is 6.29. The second-order valence-corrected chi connectivity index (χ2v) is 10.8. The highest BCUT2D eigenvalue weighted by Crippen LogP contribution is 2.29. The Morgan fingerprint density at radius 2 is 1.57 bits per heavy atom. The molecule has 0 radical (unpaired) electrons. The molecule has 0 aromatic heterocycles. The van der Waals surface area contributed by atoms with Crippen LogP contribution in [-0.4, -0.2) is 20.9 Å². The lowest BCUT2D eigenvalue weighted by Crippen LogP contribution is -2.34. The van der Waals surface area contributed by atoms with Crippen LogP contribution in [0.1, 0.15) is 61.0 Å². The Labute approximate surface area is 210 Å². The number of carbonyl (C=O) groups excluding carboxylic acids is 1. The summed E-state index contributed by atoms with van der Waals surface area (Å²) < 4.78 is 29.0. The van der Waals surface area contributed by atoms with Gasteiger partial charge >= 0.3 is 0 Å². The number of rotatable bonds is 12. The van der Waals surface area contributed by atoms with Gasteiger partial charge in [0.25, 0.3) is 15.9 Å². The number of anilines is 1. The Morgan fingerprint density at radius 1 is 0.914 bits per heavy atom. The minimum atomic E-state index is -3.92. The van der Waals surface area contributed by atoms with Gasteiger partial charge in [-0.3, -0.25) is 9.10 Å². The average Bonchev–Trinajstić information content (AvgIpc) is 2.88. The first-order chi connectivity index (χ1) is 16.9. The van der Waals surface area contributed by atoms with Crippen LogP contribution in [0.25, 0.3) is 0 Å². The lowest BCUT2D eigenvalue weighted by atomic mass is 9.99. The summed E-state index contributed by atoms with van der Waals surface area (Å²) in [6.07, 6.45) is 4.31. The van der Waals surface area contributed by atoms with Crippen molar-refractivity contribution >= 4 is 21.6 Å². The van der Waals surface area contributed by atoms with E-state index in [0.717, 1.165) is 36.8 Å². The van der Waals surface area contributed by atoms with Crippen LogP contribution in [-0.2, 0) is 16.6 Å². The molecule has 0 saturated heterocycles. The summed E-state index contributed by atoms with van der Waals surface area (Å²) in [6, 6.07) is 23.2. The van der Waals surface area contributed by atoms with Crippen molar-refractivity contribution < 1.29 is 13.2 Å². The Balaban J connectivity index is 1.98. The van der Waals surface area contributed by atoms with E-state index in [-0.39, 0.29) is 17.3 Å². The minimum Gasteiger partial charge on any atom is -0.352 e. The van der Waals surface area contributed by atoms with Crippen molar-refractivity contribution in [2.75, 3.05) is 10.8 Å². The van der Waals surface area contributed by atoms with E-state index in [0.29, 0.717) is 23.7 Å². The van der Waals surface area contributed by atoms with Crippen LogP contribution < -0.4 is 9.62 Å².